The number of hydrogen-bond acceptors (Lipinski definition) is 13. The van der Waals surface area contributed by atoms with E-state index in [0.717, 1.165) is 6.07 Å². The monoisotopic (exact) mass is 595 g/mol. The van der Waals surface area contributed by atoms with E-state index in [2.05, 4.69) is 15.3 Å². The molecule has 222 valence electrons. The van der Waals surface area contributed by atoms with Gasteiger partial charge < -0.3 is 29.0 Å². The first-order valence-electron chi connectivity index (χ1n) is 12.4. The molecule has 3 rings (SSSR count). The third kappa shape index (κ3) is 9.85. The van der Waals surface area contributed by atoms with Gasteiger partial charge in [-0.25, -0.2) is 19.0 Å². The van der Waals surface area contributed by atoms with Crippen LogP contribution in [0.4, 0.5) is 25.4 Å². The maximum Gasteiger partial charge on any atom is 0.510 e. The molecule has 1 aromatic carbocycles. The third-order valence-electron chi connectivity index (χ3n) is 5.01. The van der Waals surface area contributed by atoms with Gasteiger partial charge in [0, 0.05) is 23.8 Å². The highest BCUT2D eigenvalue weighted by atomic mass is 31.2. The zero-order valence-electron chi connectivity index (χ0n) is 23.1. The molecule has 41 heavy (non-hydrogen) atoms. The standard InChI is InChI=1S/C26H31FN3O10P/c1-16(2)39-25(31)35-14-37-41(33,38-15-36-26(32)40-17(3)4)13-18-6-7-22(20(27)10-18)30-21-8-9-28-23-11-24(34-5)29-12-19(21)23/h6-12,16-17H,13-15H2,1-5H3,(H,28,30). The molecular weight excluding hydrogens is 564 g/mol. The van der Waals surface area contributed by atoms with E-state index < -0.39 is 57.7 Å². The second kappa shape index (κ2) is 14.6. The van der Waals surface area contributed by atoms with Crippen LogP contribution in [-0.2, 0) is 38.7 Å². The molecule has 1 N–H and O–H groups in total. The van der Waals surface area contributed by atoms with Crippen molar-refractivity contribution in [3.8, 4) is 5.88 Å². The Hall–Kier alpha value is -4.00. The Morgan fingerprint density at radius 1 is 0.927 bits per heavy atom. The molecule has 0 amide bonds. The summed E-state index contributed by atoms with van der Waals surface area (Å²) in [5, 5.41) is 3.63. The average molecular weight is 596 g/mol. The molecule has 0 spiro atoms. The van der Waals surface area contributed by atoms with Crippen molar-refractivity contribution >= 4 is 42.2 Å². The van der Waals surface area contributed by atoms with Gasteiger partial charge in [0.05, 0.1) is 42.4 Å². The number of ether oxygens (including phenoxy) is 5. The van der Waals surface area contributed by atoms with E-state index in [0.29, 0.717) is 22.5 Å². The van der Waals surface area contributed by atoms with E-state index in [1.807, 2.05) is 0 Å². The third-order valence-corrected chi connectivity index (χ3v) is 6.76. The Balaban J connectivity index is 1.73. The summed E-state index contributed by atoms with van der Waals surface area (Å²) in [5.41, 5.74) is 1.48. The number of nitrogens with zero attached hydrogens (tertiary/aromatic N) is 2. The maximum absolute atomic E-state index is 15.1. The van der Waals surface area contributed by atoms with Crippen LogP contribution in [0, 0.1) is 5.82 Å². The van der Waals surface area contributed by atoms with E-state index in [-0.39, 0.29) is 11.3 Å². The van der Waals surface area contributed by atoms with Crippen LogP contribution in [0.25, 0.3) is 10.9 Å². The first-order chi connectivity index (χ1) is 19.5. The lowest BCUT2D eigenvalue weighted by molar-refractivity contribution is -0.0304. The van der Waals surface area contributed by atoms with Gasteiger partial charge in [-0.15, -0.1) is 0 Å². The molecule has 0 saturated carbocycles. The van der Waals surface area contributed by atoms with Crippen molar-refractivity contribution in [2.75, 3.05) is 26.0 Å². The summed E-state index contributed by atoms with van der Waals surface area (Å²) < 4.78 is 63.2. The highest BCUT2D eigenvalue weighted by Crippen LogP contribution is 2.51. The number of benzene rings is 1. The van der Waals surface area contributed by atoms with E-state index in [1.54, 1.807) is 52.2 Å². The second-order valence-corrected chi connectivity index (χ2v) is 11.0. The minimum atomic E-state index is -4.14. The molecule has 0 fully saturated rings. The average Bonchev–Trinajstić information content (AvgIpc) is 2.89. The molecule has 0 aliphatic rings. The number of anilines is 2. The van der Waals surface area contributed by atoms with Gasteiger partial charge in [0.15, 0.2) is 0 Å². The summed E-state index contributed by atoms with van der Waals surface area (Å²) >= 11 is 0. The normalized spacial score (nSPS) is 11.4. The van der Waals surface area contributed by atoms with Crippen LogP contribution < -0.4 is 10.1 Å². The van der Waals surface area contributed by atoms with E-state index in [1.165, 1.54) is 19.2 Å². The summed E-state index contributed by atoms with van der Waals surface area (Å²) in [7, 11) is -2.66. The fraction of sp³-hybridized carbons (Fsp3) is 0.385. The summed E-state index contributed by atoms with van der Waals surface area (Å²) in [6, 6.07) is 7.38. The van der Waals surface area contributed by atoms with Crippen LogP contribution in [0.3, 0.4) is 0 Å². The van der Waals surface area contributed by atoms with Crippen LogP contribution in [0.5, 0.6) is 5.88 Å². The van der Waals surface area contributed by atoms with Crippen molar-refractivity contribution in [3.63, 3.8) is 0 Å². The minimum absolute atomic E-state index is 0.119. The van der Waals surface area contributed by atoms with Gasteiger partial charge in [0.2, 0.25) is 19.5 Å². The van der Waals surface area contributed by atoms with Crippen LogP contribution in [0.1, 0.15) is 33.3 Å². The van der Waals surface area contributed by atoms with Crippen molar-refractivity contribution in [1.29, 1.82) is 0 Å². The number of hydrogen-bond donors (Lipinski definition) is 1. The first-order valence-corrected chi connectivity index (χ1v) is 14.1. The van der Waals surface area contributed by atoms with Crippen molar-refractivity contribution in [2.45, 2.75) is 46.1 Å². The number of carbonyl (C=O) groups is 2. The fourth-order valence-corrected chi connectivity index (χ4v) is 4.59. The number of halogens is 1. The number of rotatable bonds is 13. The zero-order chi connectivity index (χ0) is 30.0. The fourth-order valence-electron chi connectivity index (χ4n) is 3.26. The molecule has 2 aromatic heterocycles. The Kier molecular flexibility index (Phi) is 11.2. The molecular formula is C26H31FN3O10P. The number of fused-ring (bicyclic) bond motifs is 1. The van der Waals surface area contributed by atoms with Gasteiger partial charge in [-0.2, -0.15) is 0 Å². The smallest absolute Gasteiger partial charge is 0.481 e. The van der Waals surface area contributed by atoms with Gasteiger partial charge in [-0.3, -0.25) is 18.6 Å². The van der Waals surface area contributed by atoms with Gasteiger partial charge in [-0.1, -0.05) is 6.07 Å². The van der Waals surface area contributed by atoms with Crippen LogP contribution in [-0.4, -0.2) is 55.2 Å². The Bertz CT molecular complexity index is 1370. The summed E-state index contributed by atoms with van der Waals surface area (Å²) in [6.45, 7) is 4.86. The Morgan fingerprint density at radius 2 is 1.56 bits per heavy atom. The van der Waals surface area contributed by atoms with E-state index in [4.69, 9.17) is 32.7 Å². The summed E-state index contributed by atoms with van der Waals surface area (Å²) in [5.74, 6) is -0.287. The van der Waals surface area contributed by atoms with Crippen molar-refractivity contribution in [1.82, 2.24) is 9.97 Å². The molecule has 0 aliphatic heterocycles. The first kappa shape index (κ1) is 31.5. The molecule has 13 nitrogen and oxygen atoms in total. The number of pyridine rings is 2. The lowest BCUT2D eigenvalue weighted by atomic mass is 10.2. The SMILES string of the molecule is COc1cc2nccc(Nc3ccc(CP(=O)(OCOC(=O)OC(C)C)OCOC(=O)OC(C)C)cc3F)c2cn1. The lowest BCUT2D eigenvalue weighted by Gasteiger charge is -2.19. The highest BCUT2D eigenvalue weighted by Gasteiger charge is 2.28. The van der Waals surface area contributed by atoms with Gasteiger partial charge in [-0.05, 0) is 51.5 Å². The second-order valence-electron chi connectivity index (χ2n) is 8.93. The maximum atomic E-state index is 15.1. The van der Waals surface area contributed by atoms with Crippen LogP contribution >= 0.6 is 7.60 Å². The lowest BCUT2D eigenvalue weighted by Crippen LogP contribution is -2.16. The molecule has 2 heterocycles. The minimum Gasteiger partial charge on any atom is -0.481 e. The molecule has 0 bridgehead atoms. The number of aromatic nitrogens is 2. The largest absolute Gasteiger partial charge is 0.510 e. The van der Waals surface area contributed by atoms with E-state index >= 15 is 4.39 Å². The van der Waals surface area contributed by atoms with Gasteiger partial charge >= 0.3 is 19.9 Å². The van der Waals surface area contributed by atoms with Crippen LogP contribution in [0.15, 0.2) is 42.7 Å². The van der Waals surface area contributed by atoms with Gasteiger partial charge in [0.1, 0.15) is 5.82 Å². The Labute approximate surface area is 235 Å². The summed E-state index contributed by atoms with van der Waals surface area (Å²) in [6.07, 6.45) is -0.352. The molecule has 0 saturated heterocycles. The Morgan fingerprint density at radius 3 is 2.12 bits per heavy atom. The number of nitrogens with one attached hydrogen (secondary N) is 1. The molecule has 0 aliphatic carbocycles. The van der Waals surface area contributed by atoms with Crippen molar-refractivity contribution < 1.29 is 51.3 Å². The van der Waals surface area contributed by atoms with Crippen molar-refractivity contribution in [2.24, 2.45) is 0 Å². The molecule has 15 heteroatoms. The van der Waals surface area contributed by atoms with Crippen LogP contribution in [0.2, 0.25) is 0 Å². The molecule has 0 atom stereocenters. The molecule has 0 radical (unpaired) electrons. The topological polar surface area (TPSA) is 154 Å². The van der Waals surface area contributed by atoms with Gasteiger partial charge in [0.25, 0.3) is 0 Å². The quantitative estimate of drug-likeness (QED) is 0.134. The highest BCUT2D eigenvalue weighted by molar-refractivity contribution is 7.53. The number of methoxy groups -OCH3 is 1. The number of carbonyl (C=O) groups excluding carboxylic acids is 2. The predicted molar refractivity (Wildman–Crippen MR) is 144 cm³/mol. The molecule has 3 aromatic rings. The van der Waals surface area contributed by atoms with E-state index in [9.17, 15) is 14.2 Å². The predicted octanol–water partition coefficient (Wildman–Crippen LogP) is 6.29. The molecule has 0 unspecified atom stereocenters. The van der Waals surface area contributed by atoms with Crippen molar-refractivity contribution in [3.05, 3.63) is 54.1 Å². The summed E-state index contributed by atoms with van der Waals surface area (Å²) in [4.78, 5) is 31.7. The zero-order valence-corrected chi connectivity index (χ0v) is 24.0.